The van der Waals surface area contributed by atoms with Crippen LogP contribution in [0.5, 0.6) is 0 Å². The number of nitrogens with zero attached hydrogens (tertiary/aromatic N) is 1. The first-order valence-electron chi connectivity index (χ1n) is 9.73. The highest BCUT2D eigenvalue weighted by molar-refractivity contribution is 5.99. The van der Waals surface area contributed by atoms with E-state index in [-0.39, 0.29) is 12.3 Å². The Morgan fingerprint density at radius 1 is 0.933 bits per heavy atom. The Balaban J connectivity index is 1.62. The van der Waals surface area contributed by atoms with Gasteiger partial charge >= 0.3 is 6.18 Å². The van der Waals surface area contributed by atoms with E-state index in [1.54, 1.807) is 0 Å². The molecule has 30 heavy (non-hydrogen) atoms. The van der Waals surface area contributed by atoms with Gasteiger partial charge in [0.15, 0.2) is 0 Å². The topological polar surface area (TPSA) is 47.3 Å². The van der Waals surface area contributed by atoms with Crippen molar-refractivity contribution in [2.45, 2.75) is 19.0 Å². The van der Waals surface area contributed by atoms with E-state index in [1.165, 1.54) is 12.1 Å². The summed E-state index contributed by atoms with van der Waals surface area (Å²) in [7, 11) is 0. The molecule has 0 unspecified atom stereocenters. The Kier molecular flexibility index (Phi) is 5.35. The largest absolute Gasteiger partial charge is 0.416 e. The number of aliphatic hydroxyl groups is 1. The Hall–Kier alpha value is -3.12. The maximum absolute atomic E-state index is 12.8. The van der Waals surface area contributed by atoms with Crippen LogP contribution in [0.4, 0.5) is 24.5 Å². The fraction of sp³-hybridized carbons (Fsp3) is 0.208. The molecule has 3 aromatic rings. The van der Waals surface area contributed by atoms with Crippen molar-refractivity contribution in [2.24, 2.45) is 0 Å². The summed E-state index contributed by atoms with van der Waals surface area (Å²) < 4.78 is 38.4. The second kappa shape index (κ2) is 7.95. The number of alkyl halides is 3. The molecule has 0 atom stereocenters. The van der Waals surface area contributed by atoms with Crippen LogP contribution in [0, 0.1) is 5.41 Å². The van der Waals surface area contributed by atoms with Gasteiger partial charge in [-0.3, -0.25) is 0 Å². The van der Waals surface area contributed by atoms with Gasteiger partial charge in [0.1, 0.15) is 0 Å². The lowest BCUT2D eigenvalue weighted by Crippen LogP contribution is -2.24. The lowest BCUT2D eigenvalue weighted by atomic mass is 9.95. The molecule has 6 heteroatoms. The van der Waals surface area contributed by atoms with Crippen molar-refractivity contribution in [1.29, 1.82) is 5.41 Å². The van der Waals surface area contributed by atoms with Gasteiger partial charge in [-0.15, -0.1) is 0 Å². The van der Waals surface area contributed by atoms with E-state index in [0.29, 0.717) is 5.56 Å². The van der Waals surface area contributed by atoms with Crippen molar-refractivity contribution in [2.75, 3.05) is 18.1 Å². The molecule has 1 aliphatic heterocycles. The molecular weight excluding hydrogens is 389 g/mol. The highest BCUT2D eigenvalue weighted by Crippen LogP contribution is 2.37. The zero-order chi connectivity index (χ0) is 21.3. The van der Waals surface area contributed by atoms with Crippen LogP contribution in [0.15, 0.2) is 66.7 Å². The molecule has 0 aromatic heterocycles. The summed E-state index contributed by atoms with van der Waals surface area (Å²) in [5.41, 5.74) is 5.14. The summed E-state index contributed by atoms with van der Waals surface area (Å²) in [6.45, 7) is 0.571. The number of hydrogen-bond donors (Lipinski definition) is 2. The fourth-order valence-corrected chi connectivity index (χ4v) is 3.83. The smallest absolute Gasteiger partial charge is 0.390 e. The lowest BCUT2D eigenvalue weighted by Gasteiger charge is -2.32. The monoisotopic (exact) mass is 410 g/mol. The van der Waals surface area contributed by atoms with Crippen LogP contribution in [0.1, 0.15) is 23.1 Å². The van der Waals surface area contributed by atoms with Crippen molar-refractivity contribution in [1.82, 2.24) is 0 Å². The molecule has 0 fully saturated rings. The Bertz CT molecular complexity index is 1060. The number of aryl methyl sites for hydroxylation is 1. The minimum absolute atomic E-state index is 0.182. The first kappa shape index (κ1) is 20.2. The van der Waals surface area contributed by atoms with Crippen LogP contribution in [0.25, 0.3) is 11.1 Å². The molecule has 3 aromatic carbocycles. The summed E-state index contributed by atoms with van der Waals surface area (Å²) >= 11 is 0. The van der Waals surface area contributed by atoms with Gasteiger partial charge in [0.2, 0.25) is 0 Å². The predicted octanol–water partition coefficient (Wildman–Crippen LogP) is 5.82. The minimum Gasteiger partial charge on any atom is -0.390 e. The summed E-state index contributed by atoms with van der Waals surface area (Å²) in [4.78, 5) is 2.21. The number of fused-ring (bicyclic) bond motifs is 1. The van der Waals surface area contributed by atoms with Gasteiger partial charge in [-0.1, -0.05) is 30.3 Å². The third-order valence-corrected chi connectivity index (χ3v) is 5.43. The van der Waals surface area contributed by atoms with E-state index in [0.717, 1.165) is 59.6 Å². The van der Waals surface area contributed by atoms with Crippen LogP contribution in [-0.2, 0) is 12.6 Å². The highest BCUT2D eigenvalue weighted by Gasteiger charge is 2.30. The highest BCUT2D eigenvalue weighted by atomic mass is 19.4. The number of nitrogens with one attached hydrogen (secondary N) is 1. The van der Waals surface area contributed by atoms with E-state index in [2.05, 4.69) is 11.0 Å². The van der Waals surface area contributed by atoms with Crippen LogP contribution in [0.3, 0.4) is 0 Å². The van der Waals surface area contributed by atoms with E-state index < -0.39 is 11.7 Å². The van der Waals surface area contributed by atoms with E-state index in [1.807, 2.05) is 36.4 Å². The molecule has 154 valence electrons. The number of rotatable bonds is 4. The van der Waals surface area contributed by atoms with Crippen molar-refractivity contribution in [3.05, 3.63) is 83.4 Å². The molecule has 0 amide bonds. The predicted molar refractivity (Wildman–Crippen MR) is 113 cm³/mol. The van der Waals surface area contributed by atoms with Crippen LogP contribution >= 0.6 is 0 Å². The van der Waals surface area contributed by atoms with E-state index in [9.17, 15) is 13.2 Å². The van der Waals surface area contributed by atoms with Gasteiger partial charge in [0, 0.05) is 17.9 Å². The van der Waals surface area contributed by atoms with Crippen LogP contribution < -0.4 is 4.90 Å². The number of hydrogen-bond acceptors (Lipinski definition) is 3. The molecule has 0 bridgehead atoms. The average Bonchev–Trinajstić information content (AvgIpc) is 2.77. The Labute approximate surface area is 172 Å². The molecule has 1 heterocycles. The molecule has 1 aliphatic rings. The number of benzene rings is 3. The molecule has 4 rings (SSSR count). The minimum atomic E-state index is -4.33. The normalized spacial score (nSPS) is 13.8. The average molecular weight is 410 g/mol. The Morgan fingerprint density at radius 2 is 1.60 bits per heavy atom. The maximum atomic E-state index is 12.8. The number of anilines is 2. The van der Waals surface area contributed by atoms with Crippen molar-refractivity contribution in [3.63, 3.8) is 0 Å². The van der Waals surface area contributed by atoms with Gasteiger partial charge in [-0.25, -0.2) is 0 Å². The lowest BCUT2D eigenvalue weighted by molar-refractivity contribution is -0.137. The van der Waals surface area contributed by atoms with Crippen molar-refractivity contribution >= 4 is 17.1 Å². The van der Waals surface area contributed by atoms with Crippen molar-refractivity contribution in [3.8, 4) is 11.1 Å². The summed E-state index contributed by atoms with van der Waals surface area (Å²) in [6.07, 6.45) is -2.45. The zero-order valence-electron chi connectivity index (χ0n) is 16.2. The molecule has 0 spiro atoms. The third kappa shape index (κ3) is 3.96. The first-order chi connectivity index (χ1) is 14.4. The third-order valence-electron chi connectivity index (χ3n) is 5.43. The molecule has 0 radical (unpaired) electrons. The number of halogens is 3. The summed E-state index contributed by atoms with van der Waals surface area (Å²) in [5, 5.41) is 16.9. The standard InChI is InChI=1S/C24H21F3N2O/c25-24(26,27)20-8-3-16(4-9-20)18-7-12-23-19(14-18)2-1-13-29(23)21-10-5-17(6-11-21)22(28)15-30/h3-12,14,28,30H,1-2,13,15H2. The second-order valence-corrected chi connectivity index (χ2v) is 7.36. The molecule has 0 saturated carbocycles. The number of aliphatic hydroxyl groups excluding tert-OH is 1. The van der Waals surface area contributed by atoms with Crippen molar-refractivity contribution < 1.29 is 18.3 Å². The van der Waals surface area contributed by atoms with Crippen LogP contribution in [-0.4, -0.2) is 24.0 Å². The van der Waals surface area contributed by atoms with Gasteiger partial charge in [-0.05, 0) is 71.5 Å². The molecule has 3 nitrogen and oxygen atoms in total. The van der Waals surface area contributed by atoms with Gasteiger partial charge < -0.3 is 15.4 Å². The summed E-state index contributed by atoms with van der Waals surface area (Å²) in [6, 6.07) is 18.8. The second-order valence-electron chi connectivity index (χ2n) is 7.36. The van der Waals surface area contributed by atoms with Gasteiger partial charge in [-0.2, -0.15) is 13.2 Å². The zero-order valence-corrected chi connectivity index (χ0v) is 16.2. The molecule has 2 N–H and O–H groups in total. The quantitative estimate of drug-likeness (QED) is 0.533. The van der Waals surface area contributed by atoms with Gasteiger partial charge in [0.05, 0.1) is 17.9 Å². The first-order valence-corrected chi connectivity index (χ1v) is 9.73. The van der Waals surface area contributed by atoms with E-state index in [4.69, 9.17) is 10.5 Å². The molecule has 0 aliphatic carbocycles. The maximum Gasteiger partial charge on any atom is 0.416 e. The van der Waals surface area contributed by atoms with Crippen LogP contribution in [0.2, 0.25) is 0 Å². The van der Waals surface area contributed by atoms with Gasteiger partial charge in [0.25, 0.3) is 0 Å². The fourth-order valence-electron chi connectivity index (χ4n) is 3.83. The van der Waals surface area contributed by atoms with E-state index >= 15 is 0 Å². The SMILES string of the molecule is N=C(CO)c1ccc(N2CCCc3cc(-c4ccc(C(F)(F)F)cc4)ccc32)cc1. The molecular formula is C24H21F3N2O. The molecule has 0 saturated heterocycles. The Morgan fingerprint density at radius 3 is 2.23 bits per heavy atom. The summed E-state index contributed by atoms with van der Waals surface area (Å²) in [5.74, 6) is 0.